The van der Waals surface area contributed by atoms with Gasteiger partial charge in [0.25, 0.3) is 23.6 Å². The molecule has 3 rings (SSSR count). The fraction of sp³-hybridized carbons (Fsp3) is 0.294. The van der Waals surface area contributed by atoms with Crippen molar-refractivity contribution in [2.75, 3.05) is 0 Å². The van der Waals surface area contributed by atoms with Crippen LogP contribution in [0.4, 0.5) is 0 Å². The van der Waals surface area contributed by atoms with E-state index in [0.717, 1.165) is 52.5 Å². The summed E-state index contributed by atoms with van der Waals surface area (Å²) in [5.41, 5.74) is -0.353. The lowest BCUT2D eigenvalue weighted by atomic mass is 9.91. The van der Waals surface area contributed by atoms with Crippen LogP contribution in [0, 0.1) is 0 Å². The minimum atomic E-state index is -1.41. The lowest BCUT2D eigenvalue weighted by molar-refractivity contribution is -0.158. The molecule has 4 amide bonds. The van der Waals surface area contributed by atoms with Gasteiger partial charge >= 0.3 is 0 Å². The van der Waals surface area contributed by atoms with E-state index in [4.69, 9.17) is 0 Å². The minimum Gasteiger partial charge on any atom is -0.269 e. The Morgan fingerprint density at radius 1 is 0.870 bits per heavy atom. The number of imide groups is 2. The van der Waals surface area contributed by atoms with Crippen LogP contribution in [0.15, 0.2) is 48.1 Å². The van der Waals surface area contributed by atoms with Crippen LogP contribution in [0.5, 0.6) is 0 Å². The number of carbonyl (C=O) groups excluding carboxylic acids is 4. The van der Waals surface area contributed by atoms with Crippen molar-refractivity contribution in [2.24, 2.45) is 0 Å². The first-order valence-electron chi connectivity index (χ1n) is 7.50. The summed E-state index contributed by atoms with van der Waals surface area (Å²) in [6, 6.07) is 0. The van der Waals surface area contributed by atoms with Crippen molar-refractivity contribution in [1.29, 1.82) is 0 Å². The second kappa shape index (κ2) is 5.46. The van der Waals surface area contributed by atoms with Gasteiger partial charge < -0.3 is 0 Å². The van der Waals surface area contributed by atoms with E-state index in [1.165, 1.54) is 0 Å². The zero-order valence-corrected chi connectivity index (χ0v) is 12.7. The van der Waals surface area contributed by atoms with Crippen LogP contribution in [0.1, 0.15) is 26.2 Å². The van der Waals surface area contributed by atoms with Crippen LogP contribution in [0.2, 0.25) is 0 Å². The smallest absolute Gasteiger partial charge is 0.255 e. The monoisotopic (exact) mass is 312 g/mol. The molecule has 0 saturated heterocycles. The normalized spacial score (nSPS) is 22.6. The predicted molar refractivity (Wildman–Crippen MR) is 81.5 cm³/mol. The molecule has 0 radical (unpaired) electrons. The maximum Gasteiger partial charge on any atom is 0.255 e. The average Bonchev–Trinajstić information content (AvgIpc) is 3.04. The Labute approximate surface area is 133 Å². The van der Waals surface area contributed by atoms with Gasteiger partial charge in [-0.2, -0.15) is 0 Å². The molecule has 118 valence electrons. The van der Waals surface area contributed by atoms with E-state index in [-0.39, 0.29) is 6.42 Å². The van der Waals surface area contributed by atoms with Crippen molar-refractivity contribution in [3.8, 4) is 0 Å². The lowest BCUT2D eigenvalue weighted by Gasteiger charge is -2.44. The highest BCUT2D eigenvalue weighted by Gasteiger charge is 2.52. The maximum absolute atomic E-state index is 12.2. The quantitative estimate of drug-likeness (QED) is 0.732. The molecular weight excluding hydrogens is 296 g/mol. The van der Waals surface area contributed by atoms with Gasteiger partial charge in [-0.05, 0) is 12.5 Å². The molecule has 3 aliphatic rings. The summed E-state index contributed by atoms with van der Waals surface area (Å²) in [6.07, 6.45) is 11.9. The molecule has 0 atom stereocenters. The zero-order chi connectivity index (χ0) is 16.6. The second-order valence-electron chi connectivity index (χ2n) is 5.64. The van der Waals surface area contributed by atoms with Crippen LogP contribution in [-0.4, -0.2) is 39.1 Å². The van der Waals surface area contributed by atoms with Crippen LogP contribution in [0.25, 0.3) is 0 Å². The molecule has 0 unspecified atom stereocenters. The summed E-state index contributed by atoms with van der Waals surface area (Å²) in [5, 5.41) is 0. The number of hydrogen-bond donors (Lipinski definition) is 0. The average molecular weight is 312 g/mol. The first kappa shape index (κ1) is 15.1. The highest BCUT2D eigenvalue weighted by atomic mass is 16.2. The molecule has 0 fully saturated rings. The van der Waals surface area contributed by atoms with Gasteiger partial charge in [0.15, 0.2) is 5.66 Å². The summed E-state index contributed by atoms with van der Waals surface area (Å²) in [6.45, 7) is 2.05. The zero-order valence-electron chi connectivity index (χ0n) is 12.7. The SMILES string of the molecule is CCCC1=CCC(N2C(=O)C=CC2=O)(N2C(=O)C=CC2=O)C=C1. The van der Waals surface area contributed by atoms with Gasteiger partial charge in [-0.3, -0.25) is 19.2 Å². The first-order valence-corrected chi connectivity index (χ1v) is 7.50. The molecule has 2 aliphatic heterocycles. The molecule has 1 aliphatic carbocycles. The Kier molecular flexibility index (Phi) is 3.60. The van der Waals surface area contributed by atoms with Crippen LogP contribution >= 0.6 is 0 Å². The van der Waals surface area contributed by atoms with Gasteiger partial charge in [-0.1, -0.05) is 31.1 Å². The molecule has 6 heteroatoms. The van der Waals surface area contributed by atoms with Gasteiger partial charge in [0.05, 0.1) is 0 Å². The Balaban J connectivity index is 2.04. The van der Waals surface area contributed by atoms with Gasteiger partial charge in [0.1, 0.15) is 0 Å². The minimum absolute atomic E-state index is 0.206. The number of allylic oxidation sites excluding steroid dienone is 2. The number of amides is 4. The van der Waals surface area contributed by atoms with E-state index >= 15 is 0 Å². The molecule has 0 saturated carbocycles. The van der Waals surface area contributed by atoms with E-state index in [9.17, 15) is 19.2 Å². The largest absolute Gasteiger partial charge is 0.269 e. The van der Waals surface area contributed by atoms with E-state index < -0.39 is 29.3 Å². The molecule has 0 N–H and O–H groups in total. The van der Waals surface area contributed by atoms with Gasteiger partial charge in [-0.25, -0.2) is 9.80 Å². The third-order valence-corrected chi connectivity index (χ3v) is 4.16. The van der Waals surface area contributed by atoms with E-state index in [2.05, 4.69) is 0 Å². The summed E-state index contributed by atoms with van der Waals surface area (Å²) >= 11 is 0. The summed E-state index contributed by atoms with van der Waals surface area (Å²) in [5.74, 6) is -2.11. The van der Waals surface area contributed by atoms with Crippen molar-refractivity contribution < 1.29 is 19.2 Å². The second-order valence-corrected chi connectivity index (χ2v) is 5.64. The Morgan fingerprint density at radius 2 is 1.35 bits per heavy atom. The topological polar surface area (TPSA) is 74.8 Å². The molecule has 6 nitrogen and oxygen atoms in total. The number of hydrogen-bond acceptors (Lipinski definition) is 4. The van der Waals surface area contributed by atoms with Gasteiger partial charge in [-0.15, -0.1) is 0 Å². The summed E-state index contributed by atoms with van der Waals surface area (Å²) in [7, 11) is 0. The third kappa shape index (κ3) is 2.27. The molecule has 0 aromatic rings. The lowest BCUT2D eigenvalue weighted by Crippen LogP contribution is -2.63. The van der Waals surface area contributed by atoms with Crippen LogP contribution < -0.4 is 0 Å². The highest BCUT2D eigenvalue weighted by Crippen LogP contribution is 2.36. The van der Waals surface area contributed by atoms with Crippen LogP contribution in [0.3, 0.4) is 0 Å². The van der Waals surface area contributed by atoms with Crippen molar-refractivity contribution in [3.05, 3.63) is 48.1 Å². The summed E-state index contributed by atoms with van der Waals surface area (Å²) in [4.78, 5) is 50.6. The number of carbonyl (C=O) groups is 4. The molecule has 2 heterocycles. The number of rotatable bonds is 4. The standard InChI is InChI=1S/C17H16N2O4/c1-2-3-12-8-10-17(11-9-12,18-13(20)4-5-14(18)21)19-15(22)6-7-16(19)23/h4-10H,2-3,11H2,1H3. The van der Waals surface area contributed by atoms with Crippen molar-refractivity contribution in [1.82, 2.24) is 9.80 Å². The molecular formula is C17H16N2O4. The van der Waals surface area contributed by atoms with Crippen molar-refractivity contribution in [3.63, 3.8) is 0 Å². The van der Waals surface area contributed by atoms with Gasteiger partial charge in [0, 0.05) is 30.7 Å². The van der Waals surface area contributed by atoms with Gasteiger partial charge in [0.2, 0.25) is 0 Å². The Bertz CT molecular complexity index is 649. The van der Waals surface area contributed by atoms with E-state index in [0.29, 0.717) is 0 Å². The van der Waals surface area contributed by atoms with E-state index in [1.807, 2.05) is 13.0 Å². The third-order valence-electron chi connectivity index (χ3n) is 4.16. The maximum atomic E-state index is 12.2. The molecule has 0 bridgehead atoms. The fourth-order valence-electron chi connectivity index (χ4n) is 3.13. The van der Waals surface area contributed by atoms with Crippen molar-refractivity contribution in [2.45, 2.75) is 31.8 Å². The predicted octanol–water partition coefficient (Wildman–Crippen LogP) is 1.22. The highest BCUT2D eigenvalue weighted by molar-refractivity contribution is 6.17. The first-order chi connectivity index (χ1) is 11.0. The summed E-state index contributed by atoms with van der Waals surface area (Å²) < 4.78 is 0. The molecule has 23 heavy (non-hydrogen) atoms. The number of nitrogens with zero attached hydrogens (tertiary/aromatic N) is 2. The molecule has 0 aromatic heterocycles. The molecule has 0 spiro atoms. The van der Waals surface area contributed by atoms with Crippen molar-refractivity contribution >= 4 is 23.6 Å². The molecule has 0 aromatic carbocycles. The Hall–Kier alpha value is -2.76. The Morgan fingerprint density at radius 3 is 1.70 bits per heavy atom. The van der Waals surface area contributed by atoms with Crippen LogP contribution in [-0.2, 0) is 19.2 Å². The van der Waals surface area contributed by atoms with E-state index in [1.54, 1.807) is 12.2 Å². The fourth-order valence-corrected chi connectivity index (χ4v) is 3.13.